The van der Waals surface area contributed by atoms with E-state index in [0.29, 0.717) is 6.54 Å². The van der Waals surface area contributed by atoms with E-state index in [1.165, 1.54) is 0 Å². The number of furan rings is 1. The van der Waals surface area contributed by atoms with E-state index in [4.69, 9.17) is 9.15 Å². The highest BCUT2D eigenvalue weighted by Gasteiger charge is 2.15. The van der Waals surface area contributed by atoms with E-state index in [-0.39, 0.29) is 0 Å². The summed E-state index contributed by atoms with van der Waals surface area (Å²) < 4.78 is 12.8. The van der Waals surface area contributed by atoms with Gasteiger partial charge in [0.2, 0.25) is 0 Å². The number of rotatable bonds is 7. The lowest BCUT2D eigenvalue weighted by molar-refractivity contribution is 0.415. The molecule has 0 atom stereocenters. The van der Waals surface area contributed by atoms with Crippen molar-refractivity contribution in [3.63, 3.8) is 0 Å². The molecule has 0 aliphatic rings. The van der Waals surface area contributed by atoms with Crippen LogP contribution in [-0.2, 0) is 6.54 Å². The van der Waals surface area contributed by atoms with Crippen LogP contribution in [0.3, 0.4) is 0 Å². The van der Waals surface area contributed by atoms with Crippen LogP contribution in [0.5, 0.6) is 5.75 Å². The van der Waals surface area contributed by atoms with Gasteiger partial charge < -0.3 is 9.15 Å². The highest BCUT2D eigenvalue weighted by molar-refractivity contribution is 7.99. The van der Waals surface area contributed by atoms with E-state index < -0.39 is 0 Å². The summed E-state index contributed by atoms with van der Waals surface area (Å²) in [4.78, 5) is 0. The fourth-order valence-electron chi connectivity index (χ4n) is 2.21. The molecule has 118 valence electrons. The topological polar surface area (TPSA) is 53.1 Å². The molecular weight excluding hydrogens is 310 g/mol. The van der Waals surface area contributed by atoms with Crippen LogP contribution in [0, 0.1) is 0 Å². The molecule has 2 heterocycles. The van der Waals surface area contributed by atoms with Crippen molar-refractivity contribution in [2.45, 2.75) is 11.7 Å². The molecule has 0 saturated heterocycles. The van der Waals surface area contributed by atoms with Gasteiger partial charge in [-0.3, -0.25) is 4.57 Å². The van der Waals surface area contributed by atoms with Gasteiger partial charge in [-0.05, 0) is 24.3 Å². The number of thioether (sulfide) groups is 1. The van der Waals surface area contributed by atoms with Crippen LogP contribution >= 0.6 is 11.8 Å². The van der Waals surface area contributed by atoms with Gasteiger partial charge in [-0.2, -0.15) is 0 Å². The van der Waals surface area contributed by atoms with Gasteiger partial charge >= 0.3 is 0 Å². The summed E-state index contributed by atoms with van der Waals surface area (Å²) in [5, 5.41) is 9.50. The Labute approximate surface area is 139 Å². The fraction of sp³-hybridized carbons (Fsp3) is 0.176. The normalized spacial score (nSPS) is 10.7. The number of hydrogen-bond donors (Lipinski definition) is 0. The first kappa shape index (κ1) is 15.4. The van der Waals surface area contributed by atoms with Gasteiger partial charge in [0.05, 0.1) is 19.9 Å². The van der Waals surface area contributed by atoms with Crippen molar-refractivity contribution in [1.29, 1.82) is 0 Å². The van der Waals surface area contributed by atoms with E-state index in [2.05, 4.69) is 16.8 Å². The highest BCUT2D eigenvalue weighted by atomic mass is 32.2. The van der Waals surface area contributed by atoms with Crippen molar-refractivity contribution in [2.24, 2.45) is 0 Å². The zero-order valence-electron chi connectivity index (χ0n) is 12.8. The molecular formula is C17H17N3O2S. The fourth-order valence-corrected chi connectivity index (χ4v) is 2.88. The quantitative estimate of drug-likeness (QED) is 0.487. The van der Waals surface area contributed by atoms with Crippen LogP contribution in [-0.4, -0.2) is 27.6 Å². The first-order valence-corrected chi connectivity index (χ1v) is 8.14. The Balaban J connectivity index is 2.01. The summed E-state index contributed by atoms with van der Waals surface area (Å²) in [5.41, 5.74) is 0.953. The first-order chi connectivity index (χ1) is 11.3. The molecule has 0 aliphatic heterocycles. The van der Waals surface area contributed by atoms with E-state index >= 15 is 0 Å². The number of hydrogen-bond acceptors (Lipinski definition) is 5. The number of nitrogens with zero attached hydrogens (tertiary/aromatic N) is 3. The van der Waals surface area contributed by atoms with Crippen LogP contribution in [0.1, 0.15) is 5.76 Å². The number of aromatic nitrogens is 3. The van der Waals surface area contributed by atoms with E-state index in [0.717, 1.165) is 33.8 Å². The van der Waals surface area contributed by atoms with Crippen molar-refractivity contribution in [1.82, 2.24) is 14.8 Å². The average molecular weight is 327 g/mol. The van der Waals surface area contributed by atoms with Gasteiger partial charge in [0, 0.05) is 11.3 Å². The Hall–Kier alpha value is -2.47. The third-order valence-electron chi connectivity index (χ3n) is 3.27. The van der Waals surface area contributed by atoms with Gasteiger partial charge in [-0.15, -0.1) is 16.8 Å². The van der Waals surface area contributed by atoms with Gasteiger partial charge in [0.15, 0.2) is 11.0 Å². The maximum atomic E-state index is 5.47. The minimum atomic E-state index is 0.575. The van der Waals surface area contributed by atoms with Gasteiger partial charge in [-0.1, -0.05) is 30.0 Å². The second-order valence-corrected chi connectivity index (χ2v) is 5.79. The second-order valence-electron chi connectivity index (χ2n) is 4.80. The Morgan fingerprint density at radius 2 is 2.22 bits per heavy atom. The maximum Gasteiger partial charge on any atom is 0.192 e. The molecule has 0 amide bonds. The SMILES string of the molecule is C=CCSc1nnc(-c2cccc(OC)c2)n1Cc1ccco1. The Bertz CT molecular complexity index is 781. The number of ether oxygens (including phenoxy) is 1. The first-order valence-electron chi connectivity index (χ1n) is 7.15. The van der Waals surface area contributed by atoms with Gasteiger partial charge in [0.25, 0.3) is 0 Å². The molecule has 2 aromatic heterocycles. The molecule has 3 rings (SSSR count). The Kier molecular flexibility index (Phi) is 4.83. The third-order valence-corrected chi connectivity index (χ3v) is 4.23. The molecule has 0 spiro atoms. The monoisotopic (exact) mass is 327 g/mol. The molecule has 0 unspecified atom stereocenters. The van der Waals surface area contributed by atoms with E-state index in [9.17, 15) is 0 Å². The number of methoxy groups -OCH3 is 1. The van der Waals surface area contributed by atoms with Crippen LogP contribution in [0.2, 0.25) is 0 Å². The van der Waals surface area contributed by atoms with Crippen molar-refractivity contribution in [3.05, 3.63) is 61.1 Å². The van der Waals surface area contributed by atoms with Crippen molar-refractivity contribution < 1.29 is 9.15 Å². The van der Waals surface area contributed by atoms with Crippen LogP contribution in [0.25, 0.3) is 11.4 Å². The van der Waals surface area contributed by atoms with Crippen molar-refractivity contribution in [2.75, 3.05) is 12.9 Å². The van der Waals surface area contributed by atoms with Crippen LogP contribution in [0.4, 0.5) is 0 Å². The second kappa shape index (κ2) is 7.19. The Morgan fingerprint density at radius 1 is 1.30 bits per heavy atom. The molecule has 3 aromatic rings. The molecule has 0 fully saturated rings. The predicted molar refractivity (Wildman–Crippen MR) is 90.7 cm³/mol. The largest absolute Gasteiger partial charge is 0.497 e. The molecule has 6 heteroatoms. The van der Waals surface area contributed by atoms with Crippen LogP contribution < -0.4 is 4.74 Å². The summed E-state index contributed by atoms with van der Waals surface area (Å²) in [6.45, 7) is 4.33. The highest BCUT2D eigenvalue weighted by Crippen LogP contribution is 2.27. The molecule has 0 aliphatic carbocycles. The molecule has 0 N–H and O–H groups in total. The minimum absolute atomic E-state index is 0.575. The standard InChI is InChI=1S/C17H17N3O2S/c1-3-10-23-17-19-18-16(13-6-4-7-14(11-13)21-2)20(17)12-15-8-5-9-22-15/h3-9,11H,1,10,12H2,2H3. The molecule has 5 nitrogen and oxygen atoms in total. The van der Waals surface area contributed by atoms with Crippen molar-refractivity contribution >= 4 is 11.8 Å². The molecule has 0 radical (unpaired) electrons. The zero-order chi connectivity index (χ0) is 16.1. The average Bonchev–Trinajstić information content (AvgIpc) is 3.23. The zero-order valence-corrected chi connectivity index (χ0v) is 13.6. The summed E-state index contributed by atoms with van der Waals surface area (Å²) in [7, 11) is 1.65. The smallest absolute Gasteiger partial charge is 0.192 e. The Morgan fingerprint density at radius 3 is 2.96 bits per heavy atom. The summed E-state index contributed by atoms with van der Waals surface area (Å²) in [6.07, 6.45) is 3.52. The number of benzene rings is 1. The lowest BCUT2D eigenvalue weighted by Crippen LogP contribution is -2.03. The lowest BCUT2D eigenvalue weighted by atomic mass is 10.2. The predicted octanol–water partition coefficient (Wildman–Crippen LogP) is 3.87. The summed E-state index contributed by atoms with van der Waals surface area (Å²) >= 11 is 1.59. The molecule has 23 heavy (non-hydrogen) atoms. The van der Waals surface area contributed by atoms with E-state index in [1.807, 2.05) is 47.0 Å². The molecule has 1 aromatic carbocycles. The van der Waals surface area contributed by atoms with Gasteiger partial charge in [-0.25, -0.2) is 0 Å². The van der Waals surface area contributed by atoms with E-state index in [1.54, 1.807) is 25.1 Å². The van der Waals surface area contributed by atoms with Crippen LogP contribution in [0.15, 0.2) is 64.9 Å². The molecule has 0 saturated carbocycles. The molecule has 0 bridgehead atoms. The van der Waals surface area contributed by atoms with Gasteiger partial charge in [0.1, 0.15) is 11.5 Å². The van der Waals surface area contributed by atoms with Crippen molar-refractivity contribution in [3.8, 4) is 17.1 Å². The summed E-state index contributed by atoms with van der Waals surface area (Å²) in [5.74, 6) is 3.20. The summed E-state index contributed by atoms with van der Waals surface area (Å²) in [6, 6.07) is 11.6. The minimum Gasteiger partial charge on any atom is -0.497 e. The maximum absolute atomic E-state index is 5.47. The lowest BCUT2D eigenvalue weighted by Gasteiger charge is -2.09. The third kappa shape index (κ3) is 3.48.